The maximum absolute atomic E-state index is 11.3. The molecule has 3 rings (SSSR count). The van der Waals surface area contributed by atoms with E-state index in [9.17, 15) is 9.90 Å². The molecule has 1 amide bonds. The van der Waals surface area contributed by atoms with E-state index in [0.29, 0.717) is 0 Å². The Morgan fingerprint density at radius 3 is 2.29 bits per heavy atom. The molecule has 136 valence electrons. The zero-order valence-electron chi connectivity index (χ0n) is 15.0. The third kappa shape index (κ3) is 5.11. The fraction of sp³-hybridized carbons (Fsp3) is 0.722. The van der Waals surface area contributed by atoms with Crippen LogP contribution >= 0.6 is 11.3 Å². The molecule has 1 heterocycles. The Labute approximate surface area is 149 Å². The predicted octanol–water partition coefficient (Wildman–Crippen LogP) is 4.24. The van der Waals surface area contributed by atoms with Gasteiger partial charge in [-0.05, 0) is 69.4 Å². The summed E-state index contributed by atoms with van der Waals surface area (Å²) in [5, 5.41) is 12.4. The lowest BCUT2D eigenvalue weighted by atomic mass is 9.87. The Kier molecular flexibility index (Phi) is 6.15. The molecular weight excluding hydrogens is 322 g/mol. The van der Waals surface area contributed by atoms with Gasteiger partial charge in [-0.1, -0.05) is 12.8 Å². The molecule has 0 unspecified atom stereocenters. The minimum absolute atomic E-state index is 0.00549. The van der Waals surface area contributed by atoms with Crippen LogP contribution in [0.1, 0.15) is 70.8 Å². The Morgan fingerprint density at radius 1 is 1.25 bits per heavy atom. The number of amides is 1. The summed E-state index contributed by atoms with van der Waals surface area (Å²) < 4.78 is 0. The van der Waals surface area contributed by atoms with Gasteiger partial charge in [0.1, 0.15) is 0 Å². The number of carboxylic acid groups (broad SMARTS) is 1. The minimum Gasteiger partial charge on any atom is -0.465 e. The van der Waals surface area contributed by atoms with Crippen molar-refractivity contribution in [2.75, 3.05) is 5.73 Å². The smallest absolute Gasteiger partial charge is 0.408 e. The molecule has 0 spiro atoms. The molecule has 1 aromatic heterocycles. The van der Waals surface area contributed by atoms with Gasteiger partial charge in [-0.3, -0.25) is 4.90 Å². The van der Waals surface area contributed by atoms with Gasteiger partial charge in [-0.2, -0.15) is 0 Å². The highest BCUT2D eigenvalue weighted by Crippen LogP contribution is 2.42. The first-order valence-electron chi connectivity index (χ1n) is 8.82. The van der Waals surface area contributed by atoms with Crippen LogP contribution in [0.5, 0.6) is 0 Å². The summed E-state index contributed by atoms with van der Waals surface area (Å²) in [6, 6.07) is 2.08. The zero-order valence-corrected chi connectivity index (χ0v) is 15.8. The van der Waals surface area contributed by atoms with Crippen LogP contribution < -0.4 is 11.5 Å². The van der Waals surface area contributed by atoms with E-state index in [1.165, 1.54) is 23.3 Å². The lowest BCUT2D eigenvalue weighted by Crippen LogP contribution is -2.58. The third-order valence-electron chi connectivity index (χ3n) is 4.73. The summed E-state index contributed by atoms with van der Waals surface area (Å²) in [7, 11) is 0. The van der Waals surface area contributed by atoms with Crippen molar-refractivity contribution in [1.82, 2.24) is 4.90 Å². The van der Waals surface area contributed by atoms with Gasteiger partial charge in [0.15, 0.2) is 0 Å². The molecule has 2 saturated carbocycles. The summed E-state index contributed by atoms with van der Waals surface area (Å²) >= 11 is 1.65. The van der Waals surface area contributed by atoms with Gasteiger partial charge >= 0.3 is 6.09 Å². The number of thiophene rings is 1. The van der Waals surface area contributed by atoms with E-state index in [1.807, 2.05) is 20.8 Å². The fourth-order valence-corrected chi connectivity index (χ4v) is 4.12. The Hall–Kier alpha value is -1.27. The topological polar surface area (TPSA) is 92.6 Å². The fourth-order valence-electron chi connectivity index (χ4n) is 3.39. The summed E-state index contributed by atoms with van der Waals surface area (Å²) in [5.41, 5.74) is 12.7. The second kappa shape index (κ2) is 7.74. The monoisotopic (exact) mass is 353 g/mol. The second-order valence-electron chi connectivity index (χ2n) is 7.90. The van der Waals surface area contributed by atoms with E-state index >= 15 is 0 Å². The molecule has 2 fully saturated rings. The van der Waals surface area contributed by atoms with Crippen molar-refractivity contribution < 1.29 is 9.90 Å². The first-order valence-corrected chi connectivity index (χ1v) is 9.70. The van der Waals surface area contributed by atoms with E-state index in [0.717, 1.165) is 36.6 Å². The Balaban J connectivity index is 0.000000194. The highest BCUT2D eigenvalue weighted by atomic mass is 32.1. The summed E-state index contributed by atoms with van der Waals surface area (Å²) in [4.78, 5) is 12.8. The molecule has 2 aliphatic rings. The molecule has 1 aromatic rings. The minimum atomic E-state index is -0.857. The largest absolute Gasteiger partial charge is 0.465 e. The van der Waals surface area contributed by atoms with Crippen LogP contribution in [0.25, 0.3) is 0 Å². The van der Waals surface area contributed by atoms with Gasteiger partial charge in [-0.15, -0.1) is 11.3 Å². The van der Waals surface area contributed by atoms with Crippen LogP contribution in [0.3, 0.4) is 0 Å². The van der Waals surface area contributed by atoms with Gasteiger partial charge in [0.05, 0.1) is 11.0 Å². The van der Waals surface area contributed by atoms with Gasteiger partial charge in [0.25, 0.3) is 0 Å². The molecule has 0 aromatic carbocycles. The van der Waals surface area contributed by atoms with Crippen molar-refractivity contribution in [2.24, 2.45) is 5.73 Å². The van der Waals surface area contributed by atoms with Crippen LogP contribution in [-0.2, 0) is 0 Å². The molecule has 2 atom stereocenters. The molecule has 2 aliphatic carbocycles. The first-order chi connectivity index (χ1) is 11.2. The maximum Gasteiger partial charge on any atom is 0.408 e. The number of hydrogen-bond donors (Lipinski definition) is 3. The van der Waals surface area contributed by atoms with Gasteiger partial charge < -0.3 is 16.6 Å². The number of nitrogens with two attached hydrogens (primary N) is 2. The van der Waals surface area contributed by atoms with Crippen molar-refractivity contribution in [3.05, 3.63) is 17.0 Å². The number of nitrogens with zero attached hydrogens (tertiary/aromatic N) is 1. The lowest BCUT2D eigenvalue weighted by Gasteiger charge is -2.44. The summed E-state index contributed by atoms with van der Waals surface area (Å²) in [6.07, 6.45) is 5.92. The third-order valence-corrected chi connectivity index (χ3v) is 5.51. The zero-order chi connectivity index (χ0) is 17.9. The average molecular weight is 354 g/mol. The van der Waals surface area contributed by atoms with E-state index in [-0.39, 0.29) is 17.6 Å². The Bertz CT molecular complexity index is 549. The number of hydrogen-bond acceptors (Lipinski definition) is 4. The van der Waals surface area contributed by atoms with Gasteiger partial charge in [-0.25, -0.2) is 4.79 Å². The highest BCUT2D eigenvalue weighted by molar-refractivity contribution is 7.14. The maximum atomic E-state index is 11.3. The van der Waals surface area contributed by atoms with Crippen molar-refractivity contribution in [1.29, 1.82) is 0 Å². The number of anilines is 1. The number of carbonyl (C=O) groups is 1. The van der Waals surface area contributed by atoms with E-state index in [1.54, 1.807) is 11.3 Å². The van der Waals surface area contributed by atoms with Crippen molar-refractivity contribution in [2.45, 2.75) is 82.8 Å². The molecule has 0 radical (unpaired) electrons. The molecule has 5 N–H and O–H groups in total. The van der Waals surface area contributed by atoms with E-state index in [4.69, 9.17) is 11.5 Å². The molecular formula is C18H31N3O2S. The number of rotatable bonds is 2. The van der Waals surface area contributed by atoms with Crippen molar-refractivity contribution >= 4 is 22.4 Å². The van der Waals surface area contributed by atoms with E-state index < -0.39 is 6.09 Å². The Morgan fingerprint density at radius 2 is 1.88 bits per heavy atom. The molecule has 5 nitrogen and oxygen atoms in total. The molecule has 0 aliphatic heterocycles. The average Bonchev–Trinajstić information content (AvgIpc) is 3.22. The second-order valence-corrected chi connectivity index (χ2v) is 8.84. The summed E-state index contributed by atoms with van der Waals surface area (Å²) in [6.45, 7) is 5.76. The molecule has 6 heteroatoms. The van der Waals surface area contributed by atoms with Crippen LogP contribution in [0, 0.1) is 0 Å². The standard InChI is InChI=1S/C11H22N2O2.C7H9NS/c1-11(2,3)13(10(14)15)9-7-5-4-6-8(9)12;8-7-3-6(4-9-7)5-1-2-5/h8-9H,4-7,12H2,1-3H3,(H,14,15);3-5H,1-2,8H2/t8-,9+;/m1./s1. The predicted molar refractivity (Wildman–Crippen MR) is 101 cm³/mol. The SMILES string of the molecule is CC(C)(C)N(C(=O)O)[C@H]1CCCC[C@H]1N.Nc1cc(C2CC2)cs1. The molecule has 0 bridgehead atoms. The molecule has 24 heavy (non-hydrogen) atoms. The normalized spacial score (nSPS) is 24.0. The van der Waals surface area contributed by atoms with E-state index in [2.05, 4.69) is 11.4 Å². The van der Waals surface area contributed by atoms with Crippen molar-refractivity contribution in [3.8, 4) is 0 Å². The summed E-state index contributed by atoms with van der Waals surface area (Å²) in [5.74, 6) is 0.860. The highest BCUT2D eigenvalue weighted by Gasteiger charge is 2.37. The van der Waals surface area contributed by atoms with Gasteiger partial charge in [0.2, 0.25) is 0 Å². The molecule has 0 saturated heterocycles. The van der Waals surface area contributed by atoms with Crippen LogP contribution in [-0.4, -0.2) is 33.7 Å². The lowest BCUT2D eigenvalue weighted by molar-refractivity contribution is 0.0491. The van der Waals surface area contributed by atoms with Crippen LogP contribution in [0.2, 0.25) is 0 Å². The van der Waals surface area contributed by atoms with Crippen molar-refractivity contribution in [3.63, 3.8) is 0 Å². The first kappa shape index (κ1) is 19.1. The van der Waals surface area contributed by atoms with Crippen LogP contribution in [0.15, 0.2) is 11.4 Å². The van der Waals surface area contributed by atoms with Crippen LogP contribution in [0.4, 0.5) is 9.80 Å². The number of nitrogen functional groups attached to an aromatic ring is 1. The van der Waals surface area contributed by atoms with Gasteiger partial charge in [0, 0.05) is 11.6 Å². The quantitative estimate of drug-likeness (QED) is 0.741.